The fourth-order valence-electron chi connectivity index (χ4n) is 1.82. The molecule has 2 heterocycles. The standard InChI is InChI=1S/C12H16N2O3/c1-9-12(16,5-7-17-9)8-14-11(15)10-4-2-3-6-13-10/h2-4,6,9,16H,5,7-8H2,1H3,(H,14,15). The number of hydrogen-bond donors (Lipinski definition) is 2. The highest BCUT2D eigenvalue weighted by molar-refractivity contribution is 5.92. The average Bonchev–Trinajstić information content (AvgIpc) is 2.68. The molecular weight excluding hydrogens is 220 g/mol. The third-order valence-electron chi connectivity index (χ3n) is 3.11. The van der Waals surface area contributed by atoms with Crippen molar-refractivity contribution in [2.24, 2.45) is 0 Å². The third-order valence-corrected chi connectivity index (χ3v) is 3.11. The summed E-state index contributed by atoms with van der Waals surface area (Å²) in [6.45, 7) is 2.51. The molecular formula is C12H16N2O3. The summed E-state index contributed by atoms with van der Waals surface area (Å²) in [6.07, 6.45) is 1.84. The minimum absolute atomic E-state index is 0.184. The summed E-state index contributed by atoms with van der Waals surface area (Å²) in [5.74, 6) is -0.280. The number of nitrogens with one attached hydrogen (secondary N) is 1. The second kappa shape index (κ2) is 4.81. The van der Waals surface area contributed by atoms with E-state index < -0.39 is 5.60 Å². The Balaban J connectivity index is 1.93. The van der Waals surface area contributed by atoms with E-state index in [1.54, 1.807) is 31.3 Å². The van der Waals surface area contributed by atoms with Gasteiger partial charge in [-0.25, -0.2) is 0 Å². The summed E-state index contributed by atoms with van der Waals surface area (Å²) in [5.41, 5.74) is -0.618. The van der Waals surface area contributed by atoms with E-state index >= 15 is 0 Å². The fraction of sp³-hybridized carbons (Fsp3) is 0.500. The van der Waals surface area contributed by atoms with Gasteiger partial charge >= 0.3 is 0 Å². The molecule has 92 valence electrons. The summed E-state index contributed by atoms with van der Waals surface area (Å²) < 4.78 is 5.29. The first-order chi connectivity index (χ1) is 8.12. The molecule has 17 heavy (non-hydrogen) atoms. The minimum Gasteiger partial charge on any atom is -0.385 e. The van der Waals surface area contributed by atoms with E-state index in [0.29, 0.717) is 18.7 Å². The summed E-state index contributed by atoms with van der Waals surface area (Å²) in [6, 6.07) is 5.13. The topological polar surface area (TPSA) is 71.5 Å². The van der Waals surface area contributed by atoms with Crippen LogP contribution in [0.1, 0.15) is 23.8 Å². The lowest BCUT2D eigenvalue weighted by Gasteiger charge is -2.25. The maximum atomic E-state index is 11.7. The Morgan fingerprint density at radius 1 is 1.71 bits per heavy atom. The van der Waals surface area contributed by atoms with Gasteiger partial charge in [-0.05, 0) is 19.1 Å². The maximum absolute atomic E-state index is 11.7. The summed E-state index contributed by atoms with van der Waals surface area (Å²) in [5, 5.41) is 12.9. The second-order valence-corrected chi connectivity index (χ2v) is 4.26. The molecule has 0 spiro atoms. The Hall–Kier alpha value is -1.46. The number of aliphatic hydroxyl groups is 1. The van der Waals surface area contributed by atoms with Gasteiger partial charge in [-0.15, -0.1) is 0 Å². The molecule has 0 aromatic carbocycles. The van der Waals surface area contributed by atoms with Crippen molar-refractivity contribution >= 4 is 5.91 Å². The molecule has 0 saturated carbocycles. The van der Waals surface area contributed by atoms with Crippen LogP contribution in [0.2, 0.25) is 0 Å². The lowest BCUT2D eigenvalue weighted by atomic mass is 9.97. The molecule has 0 aliphatic carbocycles. The van der Waals surface area contributed by atoms with Gasteiger partial charge in [0.25, 0.3) is 5.91 Å². The first kappa shape index (κ1) is 12.0. The minimum atomic E-state index is -0.968. The number of ether oxygens (including phenoxy) is 1. The summed E-state index contributed by atoms with van der Waals surface area (Å²) in [4.78, 5) is 15.7. The molecule has 1 aliphatic heterocycles. The van der Waals surface area contributed by atoms with Crippen LogP contribution < -0.4 is 5.32 Å². The normalized spacial score (nSPS) is 28.0. The van der Waals surface area contributed by atoms with E-state index in [1.165, 1.54) is 0 Å². The van der Waals surface area contributed by atoms with E-state index in [4.69, 9.17) is 4.74 Å². The molecule has 1 amide bonds. The van der Waals surface area contributed by atoms with Gasteiger partial charge in [0, 0.05) is 25.8 Å². The first-order valence-corrected chi connectivity index (χ1v) is 5.65. The highest BCUT2D eigenvalue weighted by atomic mass is 16.5. The zero-order chi connectivity index (χ0) is 12.3. The predicted molar refractivity (Wildman–Crippen MR) is 61.6 cm³/mol. The molecule has 2 rings (SSSR count). The fourth-order valence-corrected chi connectivity index (χ4v) is 1.82. The van der Waals surface area contributed by atoms with Crippen molar-refractivity contribution in [3.05, 3.63) is 30.1 Å². The number of rotatable bonds is 3. The van der Waals surface area contributed by atoms with Gasteiger partial charge in [0.15, 0.2) is 0 Å². The van der Waals surface area contributed by atoms with E-state index in [0.717, 1.165) is 0 Å². The number of aromatic nitrogens is 1. The number of carbonyl (C=O) groups excluding carboxylic acids is 1. The molecule has 5 heteroatoms. The van der Waals surface area contributed by atoms with Crippen LogP contribution in [0.15, 0.2) is 24.4 Å². The monoisotopic (exact) mass is 236 g/mol. The van der Waals surface area contributed by atoms with Crippen LogP contribution in [-0.2, 0) is 4.74 Å². The number of hydrogen-bond acceptors (Lipinski definition) is 4. The van der Waals surface area contributed by atoms with Crippen LogP contribution in [-0.4, -0.2) is 40.9 Å². The highest BCUT2D eigenvalue weighted by Crippen LogP contribution is 2.24. The Morgan fingerprint density at radius 2 is 2.53 bits per heavy atom. The van der Waals surface area contributed by atoms with Gasteiger partial charge in [-0.2, -0.15) is 0 Å². The molecule has 1 aliphatic rings. The van der Waals surface area contributed by atoms with Crippen LogP contribution in [0.3, 0.4) is 0 Å². The van der Waals surface area contributed by atoms with Gasteiger partial charge in [0.05, 0.1) is 6.10 Å². The Morgan fingerprint density at radius 3 is 3.12 bits per heavy atom. The molecule has 1 saturated heterocycles. The summed E-state index contributed by atoms with van der Waals surface area (Å²) >= 11 is 0. The molecule has 2 N–H and O–H groups in total. The van der Waals surface area contributed by atoms with Crippen LogP contribution >= 0.6 is 0 Å². The average molecular weight is 236 g/mol. The SMILES string of the molecule is CC1OCCC1(O)CNC(=O)c1ccccn1. The van der Waals surface area contributed by atoms with Gasteiger partial charge in [0.2, 0.25) is 0 Å². The van der Waals surface area contributed by atoms with E-state index in [9.17, 15) is 9.90 Å². The van der Waals surface area contributed by atoms with Crippen molar-refractivity contribution in [3.63, 3.8) is 0 Å². The van der Waals surface area contributed by atoms with E-state index in [1.807, 2.05) is 0 Å². The predicted octanol–water partition coefficient (Wildman–Crippen LogP) is 0.351. The van der Waals surface area contributed by atoms with Gasteiger partial charge < -0.3 is 15.2 Å². The van der Waals surface area contributed by atoms with Crippen molar-refractivity contribution in [3.8, 4) is 0 Å². The zero-order valence-electron chi connectivity index (χ0n) is 9.72. The molecule has 2 atom stereocenters. The van der Waals surface area contributed by atoms with Gasteiger partial charge in [0.1, 0.15) is 11.3 Å². The Labute approximate surface area is 99.8 Å². The number of carbonyl (C=O) groups is 1. The summed E-state index contributed by atoms with van der Waals surface area (Å²) in [7, 11) is 0. The lowest BCUT2D eigenvalue weighted by molar-refractivity contribution is -0.0252. The molecule has 2 unspecified atom stereocenters. The maximum Gasteiger partial charge on any atom is 0.269 e. The number of pyridine rings is 1. The van der Waals surface area contributed by atoms with Crippen LogP contribution in [0.25, 0.3) is 0 Å². The molecule has 0 radical (unpaired) electrons. The smallest absolute Gasteiger partial charge is 0.269 e. The van der Waals surface area contributed by atoms with E-state index in [-0.39, 0.29) is 18.6 Å². The largest absolute Gasteiger partial charge is 0.385 e. The molecule has 1 aromatic heterocycles. The molecule has 1 aromatic rings. The molecule has 1 fully saturated rings. The molecule has 5 nitrogen and oxygen atoms in total. The molecule has 0 bridgehead atoms. The van der Waals surface area contributed by atoms with Crippen molar-refractivity contribution in [1.82, 2.24) is 10.3 Å². The van der Waals surface area contributed by atoms with Crippen molar-refractivity contribution in [2.75, 3.05) is 13.2 Å². The highest BCUT2D eigenvalue weighted by Gasteiger charge is 2.39. The van der Waals surface area contributed by atoms with Crippen LogP contribution in [0, 0.1) is 0 Å². The Bertz CT molecular complexity index is 396. The number of nitrogens with zero attached hydrogens (tertiary/aromatic N) is 1. The Kier molecular flexibility index (Phi) is 3.40. The third kappa shape index (κ3) is 2.62. The van der Waals surface area contributed by atoms with Gasteiger partial charge in [-0.3, -0.25) is 9.78 Å². The van der Waals surface area contributed by atoms with Crippen molar-refractivity contribution in [1.29, 1.82) is 0 Å². The van der Waals surface area contributed by atoms with Crippen molar-refractivity contribution in [2.45, 2.75) is 25.0 Å². The lowest BCUT2D eigenvalue weighted by Crippen LogP contribution is -2.47. The van der Waals surface area contributed by atoms with E-state index in [2.05, 4.69) is 10.3 Å². The first-order valence-electron chi connectivity index (χ1n) is 5.65. The van der Waals surface area contributed by atoms with Crippen LogP contribution in [0.4, 0.5) is 0 Å². The van der Waals surface area contributed by atoms with Crippen LogP contribution in [0.5, 0.6) is 0 Å². The van der Waals surface area contributed by atoms with Crippen molar-refractivity contribution < 1.29 is 14.6 Å². The zero-order valence-corrected chi connectivity index (χ0v) is 9.72. The van der Waals surface area contributed by atoms with Gasteiger partial charge in [-0.1, -0.05) is 6.07 Å². The number of amides is 1. The second-order valence-electron chi connectivity index (χ2n) is 4.26. The quantitative estimate of drug-likeness (QED) is 0.794.